The number of nitrogens with one attached hydrogen (secondary N) is 1. The second-order valence-electron chi connectivity index (χ2n) is 8.65. The molecule has 1 aromatic carbocycles. The fourth-order valence-electron chi connectivity index (χ4n) is 4.20. The molecule has 0 bridgehead atoms. The van der Waals surface area contributed by atoms with Gasteiger partial charge in [-0.15, -0.1) is 0 Å². The number of benzene rings is 1. The number of hydrogen-bond acceptors (Lipinski definition) is 4. The van der Waals surface area contributed by atoms with Crippen LogP contribution in [0.25, 0.3) is 11.1 Å². The van der Waals surface area contributed by atoms with Gasteiger partial charge >= 0.3 is 0 Å². The number of aryl methyl sites for hydroxylation is 1. The average Bonchev–Trinajstić information content (AvgIpc) is 3.49. The molecule has 7 heteroatoms. The van der Waals surface area contributed by atoms with E-state index in [1.54, 1.807) is 40.2 Å². The van der Waals surface area contributed by atoms with Crippen molar-refractivity contribution in [2.75, 3.05) is 13.1 Å². The van der Waals surface area contributed by atoms with E-state index in [0.29, 0.717) is 31.6 Å². The van der Waals surface area contributed by atoms with Crippen LogP contribution in [-0.4, -0.2) is 45.6 Å². The van der Waals surface area contributed by atoms with Crippen LogP contribution in [0.5, 0.6) is 0 Å². The minimum atomic E-state index is -0.640. The molecule has 1 saturated heterocycles. The molecule has 6 nitrogen and oxygen atoms in total. The number of rotatable bonds is 6. The Morgan fingerprint density at radius 2 is 1.94 bits per heavy atom. The van der Waals surface area contributed by atoms with Crippen molar-refractivity contribution in [3.63, 3.8) is 0 Å². The molecule has 1 N–H and O–H groups in total. The van der Waals surface area contributed by atoms with Crippen molar-refractivity contribution in [2.45, 2.75) is 32.7 Å². The Hall–Kier alpha value is -2.93. The molecule has 0 unspecified atom stereocenters. The Bertz CT molecular complexity index is 1060. The van der Waals surface area contributed by atoms with Crippen molar-refractivity contribution >= 4 is 23.2 Å². The Morgan fingerprint density at radius 1 is 1.16 bits per heavy atom. The predicted octanol–water partition coefficient (Wildman–Crippen LogP) is 3.75. The molecule has 0 saturated carbocycles. The first-order chi connectivity index (χ1) is 14.9. The third kappa shape index (κ3) is 4.56. The Kier molecular flexibility index (Phi) is 5.96. The van der Waals surface area contributed by atoms with E-state index in [2.05, 4.69) is 51.5 Å². The highest BCUT2D eigenvalue weighted by molar-refractivity contribution is 7.08. The van der Waals surface area contributed by atoms with Crippen molar-refractivity contribution in [3.8, 4) is 11.1 Å². The second kappa shape index (κ2) is 8.67. The van der Waals surface area contributed by atoms with E-state index < -0.39 is 5.41 Å². The van der Waals surface area contributed by atoms with Gasteiger partial charge < -0.3 is 10.2 Å². The molecule has 1 fully saturated rings. The summed E-state index contributed by atoms with van der Waals surface area (Å²) in [6.45, 7) is 4.88. The Labute approximate surface area is 186 Å². The number of carbonyl (C=O) groups is 2. The molecule has 31 heavy (non-hydrogen) atoms. The zero-order valence-electron chi connectivity index (χ0n) is 18.2. The van der Waals surface area contributed by atoms with E-state index in [9.17, 15) is 9.59 Å². The molecule has 3 aromatic rings. The number of amides is 2. The molecule has 162 valence electrons. The highest BCUT2D eigenvalue weighted by atomic mass is 32.1. The van der Waals surface area contributed by atoms with Crippen LogP contribution in [0.2, 0.25) is 0 Å². The van der Waals surface area contributed by atoms with Gasteiger partial charge in [0.25, 0.3) is 5.91 Å². The van der Waals surface area contributed by atoms with Gasteiger partial charge in [0.1, 0.15) is 5.69 Å². The summed E-state index contributed by atoms with van der Waals surface area (Å²) in [5.41, 5.74) is 3.26. The molecule has 3 heterocycles. The van der Waals surface area contributed by atoms with Crippen LogP contribution in [0.3, 0.4) is 0 Å². The summed E-state index contributed by atoms with van der Waals surface area (Å²) in [5.74, 6) is -0.103. The van der Waals surface area contributed by atoms with Crippen LogP contribution in [0.1, 0.15) is 36.3 Å². The summed E-state index contributed by atoms with van der Waals surface area (Å²) in [7, 11) is 1.79. The van der Waals surface area contributed by atoms with Crippen LogP contribution < -0.4 is 5.32 Å². The van der Waals surface area contributed by atoms with Gasteiger partial charge in [0.15, 0.2) is 0 Å². The maximum atomic E-state index is 13.3. The van der Waals surface area contributed by atoms with Gasteiger partial charge in [0.05, 0.1) is 5.41 Å². The SMILES string of the molecule is CC(C)NC(=O)[C@@]1(Cc2ccc(-c3ccsc3)cc2)CCN(C(=O)c2ccn(C)n2)C1. The zero-order chi connectivity index (χ0) is 22.0. The topological polar surface area (TPSA) is 67.2 Å². The first-order valence-corrected chi connectivity index (χ1v) is 11.5. The highest BCUT2D eigenvalue weighted by Crippen LogP contribution is 2.36. The second-order valence-corrected chi connectivity index (χ2v) is 9.43. The Balaban J connectivity index is 1.56. The normalized spacial score (nSPS) is 18.5. The fourth-order valence-corrected chi connectivity index (χ4v) is 4.86. The maximum absolute atomic E-state index is 13.3. The summed E-state index contributed by atoms with van der Waals surface area (Å²) in [5, 5.41) is 11.5. The minimum absolute atomic E-state index is 0.0146. The molecule has 2 aromatic heterocycles. The van der Waals surface area contributed by atoms with Gasteiger partial charge in [-0.3, -0.25) is 14.3 Å². The van der Waals surface area contributed by atoms with Crippen LogP contribution in [0, 0.1) is 5.41 Å². The number of carbonyl (C=O) groups excluding carboxylic acids is 2. The van der Waals surface area contributed by atoms with Crippen molar-refractivity contribution in [2.24, 2.45) is 12.5 Å². The maximum Gasteiger partial charge on any atom is 0.274 e. The minimum Gasteiger partial charge on any atom is -0.353 e. The molecule has 1 aliphatic heterocycles. The van der Waals surface area contributed by atoms with Crippen molar-refractivity contribution in [1.82, 2.24) is 20.0 Å². The van der Waals surface area contributed by atoms with Crippen LogP contribution in [-0.2, 0) is 18.3 Å². The van der Waals surface area contributed by atoms with E-state index in [0.717, 1.165) is 5.56 Å². The monoisotopic (exact) mass is 436 g/mol. The van der Waals surface area contributed by atoms with Crippen molar-refractivity contribution < 1.29 is 9.59 Å². The average molecular weight is 437 g/mol. The third-order valence-corrected chi connectivity index (χ3v) is 6.51. The standard InChI is InChI=1S/C24H28N4O2S/c1-17(2)25-23(30)24(10-12-28(16-24)22(29)21-8-11-27(3)26-21)14-18-4-6-19(7-5-18)20-9-13-31-15-20/h4-9,11,13,15,17H,10,12,14,16H2,1-3H3,(H,25,30)/t24-/m1/s1. The zero-order valence-corrected chi connectivity index (χ0v) is 19.0. The number of likely N-dealkylation sites (tertiary alicyclic amines) is 1. The molecule has 2 amide bonds. The fraction of sp³-hybridized carbons (Fsp3) is 0.375. The first-order valence-electron chi connectivity index (χ1n) is 10.6. The number of aromatic nitrogens is 2. The smallest absolute Gasteiger partial charge is 0.274 e. The molecule has 1 atom stereocenters. The van der Waals surface area contributed by atoms with Gasteiger partial charge in [-0.2, -0.15) is 16.4 Å². The van der Waals surface area contributed by atoms with Gasteiger partial charge in [-0.05, 0) is 66.3 Å². The van der Waals surface area contributed by atoms with E-state index in [4.69, 9.17) is 0 Å². The lowest BCUT2D eigenvalue weighted by Crippen LogP contribution is -2.47. The molecule has 0 aliphatic carbocycles. The lowest BCUT2D eigenvalue weighted by molar-refractivity contribution is -0.130. The Morgan fingerprint density at radius 3 is 2.55 bits per heavy atom. The quantitative estimate of drug-likeness (QED) is 0.640. The van der Waals surface area contributed by atoms with Crippen molar-refractivity contribution in [3.05, 3.63) is 64.6 Å². The van der Waals surface area contributed by atoms with Gasteiger partial charge in [-0.1, -0.05) is 24.3 Å². The summed E-state index contributed by atoms with van der Waals surface area (Å²) in [6, 6.07) is 12.3. The number of hydrogen-bond donors (Lipinski definition) is 1. The van der Waals surface area contributed by atoms with Crippen LogP contribution in [0.4, 0.5) is 0 Å². The number of thiophene rings is 1. The molecule has 1 aliphatic rings. The van der Waals surface area contributed by atoms with Gasteiger partial charge in [-0.25, -0.2) is 0 Å². The van der Waals surface area contributed by atoms with E-state index >= 15 is 0 Å². The molecule has 0 spiro atoms. The van der Waals surface area contributed by atoms with Gasteiger partial charge in [0.2, 0.25) is 5.91 Å². The van der Waals surface area contributed by atoms with Gasteiger partial charge in [0, 0.05) is 32.4 Å². The van der Waals surface area contributed by atoms with E-state index in [1.165, 1.54) is 11.1 Å². The lowest BCUT2D eigenvalue weighted by atomic mass is 9.79. The van der Waals surface area contributed by atoms with Crippen molar-refractivity contribution in [1.29, 1.82) is 0 Å². The molecular weight excluding hydrogens is 408 g/mol. The summed E-state index contributed by atoms with van der Waals surface area (Å²) in [4.78, 5) is 28.0. The predicted molar refractivity (Wildman–Crippen MR) is 123 cm³/mol. The largest absolute Gasteiger partial charge is 0.353 e. The van der Waals surface area contributed by atoms with Crippen LogP contribution in [0.15, 0.2) is 53.4 Å². The van der Waals surface area contributed by atoms with E-state index in [-0.39, 0.29) is 17.9 Å². The number of nitrogens with zero attached hydrogens (tertiary/aromatic N) is 3. The highest BCUT2D eigenvalue weighted by Gasteiger charge is 2.46. The van der Waals surface area contributed by atoms with Crippen LogP contribution >= 0.6 is 11.3 Å². The lowest BCUT2D eigenvalue weighted by Gasteiger charge is -2.29. The summed E-state index contributed by atoms with van der Waals surface area (Å²) in [6.07, 6.45) is 2.99. The summed E-state index contributed by atoms with van der Waals surface area (Å²) >= 11 is 1.68. The van der Waals surface area contributed by atoms with E-state index in [1.807, 2.05) is 13.8 Å². The molecule has 4 rings (SSSR count). The summed E-state index contributed by atoms with van der Waals surface area (Å²) < 4.78 is 1.62. The molecule has 0 radical (unpaired) electrons. The molecular formula is C24H28N4O2S. The first kappa shape index (κ1) is 21.3. The third-order valence-electron chi connectivity index (χ3n) is 5.83.